The second-order valence-electron chi connectivity index (χ2n) is 6.01. The molecule has 0 radical (unpaired) electrons. The van der Waals surface area contributed by atoms with Crippen LogP contribution in [-0.4, -0.2) is 47.0 Å². The molecule has 0 aliphatic carbocycles. The molecule has 0 bridgehead atoms. The molecular formula is C19H17BrN4O. The molecule has 1 aromatic heterocycles. The Morgan fingerprint density at radius 1 is 0.920 bits per heavy atom. The summed E-state index contributed by atoms with van der Waals surface area (Å²) in [6.07, 6.45) is 3.49. The van der Waals surface area contributed by atoms with E-state index in [4.69, 9.17) is 0 Å². The zero-order valence-electron chi connectivity index (χ0n) is 13.6. The molecule has 1 amide bonds. The van der Waals surface area contributed by atoms with Crippen LogP contribution in [0.3, 0.4) is 0 Å². The van der Waals surface area contributed by atoms with Gasteiger partial charge in [0.25, 0.3) is 5.91 Å². The normalized spacial score (nSPS) is 14.8. The molecule has 6 heteroatoms. The van der Waals surface area contributed by atoms with Crippen LogP contribution in [-0.2, 0) is 0 Å². The highest BCUT2D eigenvalue weighted by Crippen LogP contribution is 2.21. The van der Waals surface area contributed by atoms with E-state index in [1.807, 2.05) is 47.4 Å². The molecule has 1 aliphatic heterocycles. The van der Waals surface area contributed by atoms with E-state index in [0.717, 1.165) is 33.9 Å². The van der Waals surface area contributed by atoms with E-state index in [-0.39, 0.29) is 5.91 Å². The van der Waals surface area contributed by atoms with E-state index in [2.05, 4.69) is 30.8 Å². The van der Waals surface area contributed by atoms with Crippen LogP contribution >= 0.6 is 15.9 Å². The predicted molar refractivity (Wildman–Crippen MR) is 102 cm³/mol. The number of carbonyl (C=O) groups excluding carboxylic acids is 1. The van der Waals surface area contributed by atoms with Gasteiger partial charge in [-0.25, -0.2) is 9.97 Å². The SMILES string of the molecule is O=C(c1cccc2ccccc12)N1CCN(c2ncc(Br)cn2)CC1. The minimum Gasteiger partial charge on any atom is -0.337 e. The number of piperazine rings is 1. The summed E-state index contributed by atoms with van der Waals surface area (Å²) in [6, 6.07) is 13.9. The maximum atomic E-state index is 13.0. The lowest BCUT2D eigenvalue weighted by Gasteiger charge is -2.34. The quantitative estimate of drug-likeness (QED) is 0.666. The second kappa shape index (κ2) is 6.80. The average Bonchev–Trinajstić information content (AvgIpc) is 2.68. The summed E-state index contributed by atoms with van der Waals surface area (Å²) < 4.78 is 0.862. The van der Waals surface area contributed by atoms with Gasteiger partial charge in [-0.2, -0.15) is 0 Å². The number of amides is 1. The molecule has 0 saturated carbocycles. The Morgan fingerprint density at radius 3 is 2.36 bits per heavy atom. The standard InChI is InChI=1S/C19H17BrN4O/c20-15-12-21-19(22-13-15)24-10-8-23(9-11-24)18(25)17-7-3-5-14-4-1-2-6-16(14)17/h1-7,12-13H,8-11H2. The largest absolute Gasteiger partial charge is 0.337 e. The minimum atomic E-state index is 0.0909. The number of anilines is 1. The van der Waals surface area contributed by atoms with Crippen LogP contribution in [0.15, 0.2) is 59.3 Å². The third-order valence-corrected chi connectivity index (χ3v) is 4.89. The molecule has 4 rings (SSSR count). The van der Waals surface area contributed by atoms with Crippen molar-refractivity contribution in [1.29, 1.82) is 0 Å². The van der Waals surface area contributed by atoms with Crippen LogP contribution in [0.4, 0.5) is 5.95 Å². The van der Waals surface area contributed by atoms with Gasteiger partial charge in [-0.15, -0.1) is 0 Å². The molecular weight excluding hydrogens is 380 g/mol. The third-order valence-electron chi connectivity index (χ3n) is 4.48. The molecule has 0 atom stereocenters. The minimum absolute atomic E-state index is 0.0909. The van der Waals surface area contributed by atoms with Gasteiger partial charge in [-0.05, 0) is 32.8 Å². The zero-order chi connectivity index (χ0) is 17.2. The Bertz CT molecular complexity index is 899. The Balaban J connectivity index is 1.50. The molecule has 3 aromatic rings. The highest BCUT2D eigenvalue weighted by molar-refractivity contribution is 9.10. The van der Waals surface area contributed by atoms with Gasteiger partial charge in [0.05, 0.1) is 4.47 Å². The summed E-state index contributed by atoms with van der Waals surface area (Å²) in [5.74, 6) is 0.800. The van der Waals surface area contributed by atoms with Crippen LogP contribution in [0.25, 0.3) is 10.8 Å². The molecule has 1 fully saturated rings. The molecule has 2 heterocycles. The first kappa shape index (κ1) is 16.0. The molecule has 1 aliphatic rings. The van der Waals surface area contributed by atoms with E-state index in [0.29, 0.717) is 19.0 Å². The van der Waals surface area contributed by atoms with Crippen molar-refractivity contribution in [2.75, 3.05) is 31.1 Å². The number of aromatic nitrogens is 2. The molecule has 0 spiro atoms. The predicted octanol–water partition coefficient (Wildman–Crippen LogP) is 3.35. The van der Waals surface area contributed by atoms with E-state index >= 15 is 0 Å². The van der Waals surface area contributed by atoms with Crippen molar-refractivity contribution in [2.24, 2.45) is 0 Å². The van der Waals surface area contributed by atoms with Crippen molar-refractivity contribution in [1.82, 2.24) is 14.9 Å². The van der Waals surface area contributed by atoms with E-state index in [1.54, 1.807) is 12.4 Å². The maximum absolute atomic E-state index is 13.0. The molecule has 126 valence electrons. The van der Waals surface area contributed by atoms with Crippen molar-refractivity contribution in [3.8, 4) is 0 Å². The van der Waals surface area contributed by atoms with Crippen LogP contribution in [0, 0.1) is 0 Å². The molecule has 0 unspecified atom stereocenters. The Kier molecular flexibility index (Phi) is 4.36. The highest BCUT2D eigenvalue weighted by atomic mass is 79.9. The average molecular weight is 397 g/mol. The maximum Gasteiger partial charge on any atom is 0.254 e. The monoisotopic (exact) mass is 396 g/mol. The fraction of sp³-hybridized carbons (Fsp3) is 0.211. The number of rotatable bonds is 2. The number of carbonyl (C=O) groups is 1. The van der Waals surface area contributed by atoms with Crippen molar-refractivity contribution in [2.45, 2.75) is 0 Å². The van der Waals surface area contributed by atoms with Crippen molar-refractivity contribution >= 4 is 38.6 Å². The lowest BCUT2D eigenvalue weighted by atomic mass is 10.0. The van der Waals surface area contributed by atoms with Gasteiger partial charge < -0.3 is 9.80 Å². The van der Waals surface area contributed by atoms with Crippen molar-refractivity contribution in [3.05, 3.63) is 64.9 Å². The summed E-state index contributed by atoms with van der Waals surface area (Å²) >= 11 is 3.35. The van der Waals surface area contributed by atoms with Crippen molar-refractivity contribution in [3.63, 3.8) is 0 Å². The summed E-state index contributed by atoms with van der Waals surface area (Å²) in [4.78, 5) is 25.7. The lowest BCUT2D eigenvalue weighted by Crippen LogP contribution is -2.49. The lowest BCUT2D eigenvalue weighted by molar-refractivity contribution is 0.0748. The van der Waals surface area contributed by atoms with E-state index in [1.165, 1.54) is 0 Å². The van der Waals surface area contributed by atoms with Crippen LogP contribution < -0.4 is 4.90 Å². The first-order chi connectivity index (χ1) is 12.2. The van der Waals surface area contributed by atoms with Crippen LogP contribution in [0.5, 0.6) is 0 Å². The van der Waals surface area contributed by atoms with Gasteiger partial charge in [0.2, 0.25) is 5.95 Å². The Morgan fingerprint density at radius 2 is 1.60 bits per heavy atom. The van der Waals surface area contributed by atoms with Gasteiger partial charge in [0.15, 0.2) is 0 Å². The number of hydrogen-bond acceptors (Lipinski definition) is 4. The third kappa shape index (κ3) is 3.22. The first-order valence-electron chi connectivity index (χ1n) is 8.22. The number of nitrogens with zero attached hydrogens (tertiary/aromatic N) is 4. The van der Waals surface area contributed by atoms with Gasteiger partial charge >= 0.3 is 0 Å². The first-order valence-corrected chi connectivity index (χ1v) is 9.01. The molecule has 25 heavy (non-hydrogen) atoms. The highest BCUT2D eigenvalue weighted by Gasteiger charge is 2.24. The molecule has 2 aromatic carbocycles. The molecule has 1 saturated heterocycles. The van der Waals surface area contributed by atoms with Gasteiger partial charge in [0.1, 0.15) is 0 Å². The number of hydrogen-bond donors (Lipinski definition) is 0. The van der Waals surface area contributed by atoms with E-state index < -0.39 is 0 Å². The molecule has 0 N–H and O–H groups in total. The number of halogens is 1. The van der Waals surface area contributed by atoms with Crippen molar-refractivity contribution < 1.29 is 4.79 Å². The van der Waals surface area contributed by atoms with Gasteiger partial charge in [-0.1, -0.05) is 36.4 Å². The Hall–Kier alpha value is -2.47. The Labute approximate surface area is 154 Å². The number of benzene rings is 2. The zero-order valence-corrected chi connectivity index (χ0v) is 15.2. The fourth-order valence-corrected chi connectivity index (χ4v) is 3.37. The van der Waals surface area contributed by atoms with Crippen LogP contribution in [0.2, 0.25) is 0 Å². The summed E-state index contributed by atoms with van der Waals surface area (Å²) in [7, 11) is 0. The fourth-order valence-electron chi connectivity index (χ4n) is 3.16. The van der Waals surface area contributed by atoms with E-state index in [9.17, 15) is 4.79 Å². The number of fused-ring (bicyclic) bond motifs is 1. The summed E-state index contributed by atoms with van der Waals surface area (Å²) in [6.45, 7) is 2.80. The van der Waals surface area contributed by atoms with Crippen LogP contribution in [0.1, 0.15) is 10.4 Å². The van der Waals surface area contributed by atoms with Gasteiger partial charge in [0, 0.05) is 44.1 Å². The summed E-state index contributed by atoms with van der Waals surface area (Å²) in [5, 5.41) is 2.10. The second-order valence-corrected chi connectivity index (χ2v) is 6.92. The smallest absolute Gasteiger partial charge is 0.254 e. The van der Waals surface area contributed by atoms with Gasteiger partial charge in [-0.3, -0.25) is 4.79 Å². The molecule has 5 nitrogen and oxygen atoms in total. The topological polar surface area (TPSA) is 49.3 Å². The summed E-state index contributed by atoms with van der Waals surface area (Å²) in [5.41, 5.74) is 0.770.